The molecule has 3 N–H and O–H groups in total. The van der Waals surface area contributed by atoms with Crippen LogP contribution >= 0.6 is 0 Å². The van der Waals surface area contributed by atoms with Crippen LogP contribution in [0, 0.1) is 5.41 Å². The Morgan fingerprint density at radius 3 is 2.70 bits per heavy atom. The topological polar surface area (TPSA) is 46.2 Å². The van der Waals surface area contributed by atoms with Crippen molar-refractivity contribution in [2.75, 3.05) is 6.54 Å². The van der Waals surface area contributed by atoms with E-state index in [0.717, 1.165) is 19.3 Å². The molecule has 2 atom stereocenters. The maximum Gasteiger partial charge on any atom is 0.0605 e. The minimum Gasteiger partial charge on any atom is -0.393 e. The fourth-order valence-corrected chi connectivity index (χ4v) is 1.62. The Morgan fingerprint density at radius 1 is 1.60 bits per heavy atom. The van der Waals surface area contributed by atoms with E-state index in [9.17, 15) is 5.11 Å². The van der Waals surface area contributed by atoms with Crippen LogP contribution < -0.4 is 5.73 Å². The summed E-state index contributed by atoms with van der Waals surface area (Å²) in [6, 6.07) is 0. The van der Waals surface area contributed by atoms with Crippen LogP contribution in [-0.4, -0.2) is 17.8 Å². The molecule has 0 saturated heterocycles. The van der Waals surface area contributed by atoms with Crippen LogP contribution in [0.4, 0.5) is 0 Å². The normalized spacial score (nSPS) is 41.7. The monoisotopic (exact) mass is 143 g/mol. The minimum atomic E-state index is -0.161. The highest BCUT2D eigenvalue weighted by molar-refractivity contribution is 4.86. The van der Waals surface area contributed by atoms with Crippen molar-refractivity contribution in [1.82, 2.24) is 0 Å². The van der Waals surface area contributed by atoms with E-state index in [4.69, 9.17) is 5.73 Å². The summed E-state index contributed by atoms with van der Waals surface area (Å²) in [5, 5.41) is 9.55. The van der Waals surface area contributed by atoms with Gasteiger partial charge in [-0.25, -0.2) is 0 Å². The first-order chi connectivity index (χ1) is 4.69. The van der Waals surface area contributed by atoms with Gasteiger partial charge in [0.1, 0.15) is 0 Å². The number of nitrogens with two attached hydrogens (primary N) is 1. The highest BCUT2D eigenvalue weighted by atomic mass is 16.3. The molecule has 2 heteroatoms. The van der Waals surface area contributed by atoms with Gasteiger partial charge in [0.05, 0.1) is 6.10 Å². The Hall–Kier alpha value is -0.0800. The summed E-state index contributed by atoms with van der Waals surface area (Å²) in [7, 11) is 0. The maximum atomic E-state index is 9.55. The fraction of sp³-hybridized carbons (Fsp3) is 1.00. The molecule has 60 valence electrons. The second-order valence-electron chi connectivity index (χ2n) is 3.62. The van der Waals surface area contributed by atoms with E-state index in [-0.39, 0.29) is 11.5 Å². The van der Waals surface area contributed by atoms with Crippen molar-refractivity contribution in [3.63, 3.8) is 0 Å². The first-order valence-corrected chi connectivity index (χ1v) is 4.07. The molecule has 0 spiro atoms. The lowest BCUT2D eigenvalue weighted by atomic mass is 9.73. The summed E-state index contributed by atoms with van der Waals surface area (Å²) in [4.78, 5) is 0. The van der Waals surface area contributed by atoms with E-state index in [2.05, 4.69) is 6.92 Å². The van der Waals surface area contributed by atoms with Crippen LogP contribution in [0.5, 0.6) is 0 Å². The van der Waals surface area contributed by atoms with Crippen LogP contribution in [0.1, 0.15) is 32.6 Å². The number of rotatable bonds is 1. The summed E-state index contributed by atoms with van der Waals surface area (Å²) in [5.41, 5.74) is 5.58. The fourth-order valence-electron chi connectivity index (χ4n) is 1.62. The van der Waals surface area contributed by atoms with E-state index in [0.29, 0.717) is 6.54 Å². The van der Waals surface area contributed by atoms with Gasteiger partial charge in [0.25, 0.3) is 0 Å². The zero-order valence-corrected chi connectivity index (χ0v) is 6.64. The van der Waals surface area contributed by atoms with Crippen molar-refractivity contribution in [1.29, 1.82) is 0 Å². The average Bonchev–Trinajstić information content (AvgIpc) is 1.96. The van der Waals surface area contributed by atoms with Crippen molar-refractivity contribution in [3.05, 3.63) is 0 Å². The number of aliphatic hydroxyl groups is 1. The lowest BCUT2D eigenvalue weighted by molar-refractivity contribution is 0.00690. The lowest BCUT2D eigenvalue weighted by Gasteiger charge is -2.37. The smallest absolute Gasteiger partial charge is 0.0605 e. The third kappa shape index (κ3) is 1.32. The Bertz CT molecular complexity index is 116. The molecule has 0 aromatic carbocycles. The van der Waals surface area contributed by atoms with Gasteiger partial charge in [-0.2, -0.15) is 0 Å². The molecule has 1 rings (SSSR count). The predicted octanol–water partition coefficient (Wildman–Crippen LogP) is 0.886. The second-order valence-corrected chi connectivity index (χ2v) is 3.62. The molecule has 0 amide bonds. The van der Waals surface area contributed by atoms with Gasteiger partial charge in [-0.1, -0.05) is 19.8 Å². The molecule has 1 fully saturated rings. The number of hydrogen-bond acceptors (Lipinski definition) is 2. The largest absolute Gasteiger partial charge is 0.393 e. The summed E-state index contributed by atoms with van der Waals surface area (Å²) in [6.07, 6.45) is 4.26. The molecular formula is C8H17NO. The number of hydrogen-bond donors (Lipinski definition) is 2. The van der Waals surface area contributed by atoms with Gasteiger partial charge in [-0.15, -0.1) is 0 Å². The second kappa shape index (κ2) is 2.89. The summed E-state index contributed by atoms with van der Waals surface area (Å²) >= 11 is 0. The molecule has 2 unspecified atom stereocenters. The van der Waals surface area contributed by atoms with Gasteiger partial charge >= 0.3 is 0 Å². The Labute approximate surface area is 62.4 Å². The van der Waals surface area contributed by atoms with Crippen LogP contribution in [0.15, 0.2) is 0 Å². The van der Waals surface area contributed by atoms with E-state index >= 15 is 0 Å². The Balaban J connectivity index is 2.54. The third-order valence-electron chi connectivity index (χ3n) is 2.75. The predicted molar refractivity (Wildman–Crippen MR) is 41.6 cm³/mol. The van der Waals surface area contributed by atoms with Crippen molar-refractivity contribution in [2.24, 2.45) is 11.1 Å². The van der Waals surface area contributed by atoms with Crippen molar-refractivity contribution in [3.8, 4) is 0 Å². The molecule has 0 bridgehead atoms. The molecular weight excluding hydrogens is 126 g/mol. The van der Waals surface area contributed by atoms with Crippen LogP contribution in [-0.2, 0) is 0 Å². The molecule has 1 aliphatic rings. The van der Waals surface area contributed by atoms with Gasteiger partial charge < -0.3 is 10.8 Å². The zero-order valence-electron chi connectivity index (χ0n) is 6.64. The summed E-state index contributed by atoms with van der Waals surface area (Å²) < 4.78 is 0. The van der Waals surface area contributed by atoms with Gasteiger partial charge in [-0.3, -0.25) is 0 Å². The SMILES string of the molecule is CC1(CN)CCCCC1O. The third-order valence-corrected chi connectivity index (χ3v) is 2.75. The first kappa shape index (κ1) is 8.02. The van der Waals surface area contributed by atoms with E-state index in [1.165, 1.54) is 6.42 Å². The van der Waals surface area contributed by atoms with Crippen LogP contribution in [0.3, 0.4) is 0 Å². The molecule has 1 aliphatic carbocycles. The van der Waals surface area contributed by atoms with Gasteiger partial charge in [0.2, 0.25) is 0 Å². The maximum absolute atomic E-state index is 9.55. The van der Waals surface area contributed by atoms with Gasteiger partial charge in [0, 0.05) is 12.0 Å². The zero-order chi connectivity index (χ0) is 7.61. The lowest BCUT2D eigenvalue weighted by Crippen LogP contribution is -2.41. The molecule has 0 aliphatic heterocycles. The molecule has 0 aromatic heterocycles. The minimum absolute atomic E-state index is 0.0122. The molecule has 0 radical (unpaired) electrons. The van der Waals surface area contributed by atoms with E-state index in [1.807, 2.05) is 0 Å². The van der Waals surface area contributed by atoms with Crippen molar-refractivity contribution >= 4 is 0 Å². The summed E-state index contributed by atoms with van der Waals surface area (Å²) in [5.74, 6) is 0. The Kier molecular flexibility index (Phi) is 2.32. The number of aliphatic hydroxyl groups excluding tert-OH is 1. The summed E-state index contributed by atoms with van der Waals surface area (Å²) in [6.45, 7) is 2.70. The highest BCUT2D eigenvalue weighted by Gasteiger charge is 2.33. The standard InChI is InChI=1S/C8H17NO/c1-8(6-9)5-3-2-4-7(8)10/h7,10H,2-6,9H2,1H3. The molecule has 0 heterocycles. The highest BCUT2D eigenvalue weighted by Crippen LogP contribution is 2.34. The Morgan fingerprint density at radius 2 is 2.30 bits per heavy atom. The molecule has 10 heavy (non-hydrogen) atoms. The first-order valence-electron chi connectivity index (χ1n) is 4.07. The van der Waals surface area contributed by atoms with E-state index < -0.39 is 0 Å². The van der Waals surface area contributed by atoms with Gasteiger partial charge in [-0.05, 0) is 12.8 Å². The molecule has 2 nitrogen and oxygen atoms in total. The molecule has 0 aromatic rings. The quantitative estimate of drug-likeness (QED) is 0.572. The van der Waals surface area contributed by atoms with Crippen LogP contribution in [0.25, 0.3) is 0 Å². The van der Waals surface area contributed by atoms with Crippen molar-refractivity contribution in [2.45, 2.75) is 38.7 Å². The average molecular weight is 143 g/mol. The van der Waals surface area contributed by atoms with Crippen LogP contribution in [0.2, 0.25) is 0 Å². The molecule has 1 saturated carbocycles. The van der Waals surface area contributed by atoms with E-state index in [1.54, 1.807) is 0 Å². The van der Waals surface area contributed by atoms with Gasteiger partial charge in [0.15, 0.2) is 0 Å². The van der Waals surface area contributed by atoms with Crippen molar-refractivity contribution < 1.29 is 5.11 Å².